The quantitative estimate of drug-likeness (QED) is 0.204. The highest BCUT2D eigenvalue weighted by atomic mass is 16.5. The van der Waals surface area contributed by atoms with Gasteiger partial charge in [-0.05, 0) is 66.2 Å². The molecule has 0 fully saturated rings. The van der Waals surface area contributed by atoms with Gasteiger partial charge in [0.1, 0.15) is 23.0 Å². The molecular formula is C42H34N2O2. The van der Waals surface area contributed by atoms with E-state index in [-0.39, 0.29) is 0 Å². The molecule has 2 aliphatic rings. The van der Waals surface area contributed by atoms with E-state index >= 15 is 0 Å². The average molecular weight is 599 g/mol. The highest BCUT2D eigenvalue weighted by Gasteiger charge is 2.22. The van der Waals surface area contributed by atoms with Crippen LogP contribution in [0.5, 0.6) is 23.0 Å². The Labute approximate surface area is 270 Å². The molecule has 1 atom stereocenters. The van der Waals surface area contributed by atoms with Crippen molar-refractivity contribution in [1.29, 1.82) is 0 Å². The van der Waals surface area contributed by atoms with E-state index in [1.807, 2.05) is 42.5 Å². The molecule has 0 saturated heterocycles. The number of likely N-dealkylation sites (N-methyl/N-ethyl adjacent to an activating group) is 1. The zero-order valence-electron chi connectivity index (χ0n) is 25.7. The van der Waals surface area contributed by atoms with E-state index in [0.717, 1.165) is 80.8 Å². The molecule has 224 valence electrons. The van der Waals surface area contributed by atoms with Crippen LogP contribution in [0.3, 0.4) is 0 Å². The molecule has 0 radical (unpaired) electrons. The van der Waals surface area contributed by atoms with Crippen LogP contribution in [0.25, 0.3) is 33.4 Å². The van der Waals surface area contributed by atoms with Gasteiger partial charge in [-0.1, -0.05) is 103 Å². The number of anilines is 2. The van der Waals surface area contributed by atoms with Gasteiger partial charge in [0.05, 0.1) is 0 Å². The molecule has 0 amide bonds. The number of hydrogen-bond donors (Lipinski definition) is 1. The second kappa shape index (κ2) is 12.1. The molecule has 6 aromatic rings. The van der Waals surface area contributed by atoms with Gasteiger partial charge in [-0.25, -0.2) is 0 Å². The van der Waals surface area contributed by atoms with E-state index in [1.165, 1.54) is 5.56 Å². The number of nitrogens with zero attached hydrogens (tertiary/aromatic N) is 1. The maximum atomic E-state index is 6.87. The number of nitrogens with one attached hydrogen (secondary N) is 1. The van der Waals surface area contributed by atoms with Crippen molar-refractivity contribution in [3.63, 3.8) is 0 Å². The van der Waals surface area contributed by atoms with Crippen molar-refractivity contribution in [2.75, 3.05) is 25.5 Å². The van der Waals surface area contributed by atoms with E-state index in [2.05, 4.69) is 126 Å². The van der Waals surface area contributed by atoms with Crippen LogP contribution in [-0.2, 0) is 0 Å². The molecule has 46 heavy (non-hydrogen) atoms. The first-order valence-corrected chi connectivity index (χ1v) is 15.8. The normalized spacial score (nSPS) is 15.3. The third-order valence-electron chi connectivity index (χ3n) is 8.80. The molecule has 2 aliphatic heterocycles. The van der Waals surface area contributed by atoms with Gasteiger partial charge in [0.25, 0.3) is 0 Å². The number of hydrogen-bond acceptors (Lipinski definition) is 4. The monoisotopic (exact) mass is 598 g/mol. The summed E-state index contributed by atoms with van der Waals surface area (Å²) in [5.41, 5.74) is 9.43. The van der Waals surface area contributed by atoms with E-state index in [1.54, 1.807) is 0 Å². The number of rotatable bonds is 4. The fraction of sp³-hybridized carbons (Fsp3) is 0.0952. The maximum absolute atomic E-state index is 6.87. The SMILES string of the molecule is CN1CC=CC(c2ccccc2Nc2ccc3c(c2)Oc2ccccc2-c2ccccc2Oc2cc(-c4ccccc4)ccc2-3)C1. The summed E-state index contributed by atoms with van der Waals surface area (Å²) in [4.78, 5) is 2.35. The lowest BCUT2D eigenvalue weighted by Gasteiger charge is -2.27. The number of fused-ring (bicyclic) bond motifs is 6. The van der Waals surface area contributed by atoms with Crippen molar-refractivity contribution in [3.05, 3.63) is 157 Å². The molecule has 2 heterocycles. The molecule has 0 aromatic heterocycles. The lowest BCUT2D eigenvalue weighted by Crippen LogP contribution is -2.27. The summed E-state index contributed by atoms with van der Waals surface area (Å²) < 4.78 is 13.7. The topological polar surface area (TPSA) is 33.7 Å². The molecule has 6 aromatic carbocycles. The van der Waals surface area contributed by atoms with Crippen LogP contribution in [0.2, 0.25) is 0 Å². The molecule has 0 spiro atoms. The van der Waals surface area contributed by atoms with Gasteiger partial charge < -0.3 is 19.7 Å². The van der Waals surface area contributed by atoms with E-state index in [9.17, 15) is 0 Å². The fourth-order valence-corrected chi connectivity index (χ4v) is 6.51. The lowest BCUT2D eigenvalue weighted by atomic mass is 9.94. The number of ether oxygens (including phenoxy) is 2. The Balaban J connectivity index is 1.26. The van der Waals surface area contributed by atoms with Crippen molar-refractivity contribution in [2.45, 2.75) is 5.92 Å². The fourth-order valence-electron chi connectivity index (χ4n) is 6.51. The molecule has 4 nitrogen and oxygen atoms in total. The Morgan fingerprint density at radius 3 is 1.91 bits per heavy atom. The largest absolute Gasteiger partial charge is 0.456 e. The molecule has 0 bridgehead atoms. The molecule has 1 unspecified atom stereocenters. The predicted octanol–water partition coefficient (Wildman–Crippen LogP) is 10.9. The molecule has 0 aliphatic carbocycles. The van der Waals surface area contributed by atoms with Crippen molar-refractivity contribution >= 4 is 11.4 Å². The van der Waals surface area contributed by atoms with Gasteiger partial charge in [0.2, 0.25) is 0 Å². The Hall–Kier alpha value is -5.58. The van der Waals surface area contributed by atoms with E-state index in [0.29, 0.717) is 5.92 Å². The van der Waals surface area contributed by atoms with Crippen LogP contribution in [0.4, 0.5) is 11.4 Å². The second-order valence-corrected chi connectivity index (χ2v) is 12.0. The zero-order chi connectivity index (χ0) is 30.9. The minimum absolute atomic E-state index is 0.324. The van der Waals surface area contributed by atoms with Crippen molar-refractivity contribution in [1.82, 2.24) is 4.90 Å². The number of benzene rings is 6. The van der Waals surface area contributed by atoms with Gasteiger partial charge in [-0.3, -0.25) is 0 Å². The Morgan fingerprint density at radius 2 is 1.17 bits per heavy atom. The summed E-state index contributed by atoms with van der Waals surface area (Å²) in [5, 5.41) is 3.73. The van der Waals surface area contributed by atoms with E-state index < -0.39 is 0 Å². The smallest absolute Gasteiger partial charge is 0.137 e. The molecule has 1 N–H and O–H groups in total. The van der Waals surface area contributed by atoms with Crippen LogP contribution in [0.1, 0.15) is 11.5 Å². The summed E-state index contributed by atoms with van der Waals surface area (Å²) >= 11 is 0. The molecule has 0 saturated carbocycles. The van der Waals surface area contributed by atoms with Crippen molar-refractivity contribution in [3.8, 4) is 56.4 Å². The third-order valence-corrected chi connectivity index (χ3v) is 8.80. The third kappa shape index (κ3) is 5.44. The summed E-state index contributed by atoms with van der Waals surface area (Å²) in [7, 11) is 2.17. The van der Waals surface area contributed by atoms with Crippen LogP contribution < -0.4 is 14.8 Å². The zero-order valence-corrected chi connectivity index (χ0v) is 25.7. The van der Waals surface area contributed by atoms with Gasteiger partial charge in [0.15, 0.2) is 0 Å². The standard InChI is InChI=1S/C42H34N2O2/c1-44-25-11-14-31(28-44)33-15-5-8-18-38(33)43-32-22-24-37-36-23-21-30(29-12-3-2-4-13-29)26-41(36)45-39-19-9-6-16-34(39)35-17-7-10-20-40(35)46-42(37)27-32/h2-24,26-27,31,43H,25,28H2,1H3. The molecule has 4 heteroatoms. The Kier molecular flexibility index (Phi) is 7.33. The van der Waals surface area contributed by atoms with Gasteiger partial charge in [-0.2, -0.15) is 0 Å². The van der Waals surface area contributed by atoms with Crippen LogP contribution in [0.15, 0.2) is 152 Å². The van der Waals surface area contributed by atoms with Crippen molar-refractivity contribution < 1.29 is 9.47 Å². The summed E-state index contributed by atoms with van der Waals surface area (Å²) in [5.74, 6) is 3.41. The van der Waals surface area contributed by atoms with E-state index in [4.69, 9.17) is 9.47 Å². The Bertz CT molecular complexity index is 2070. The lowest BCUT2D eigenvalue weighted by molar-refractivity contribution is 0.346. The summed E-state index contributed by atoms with van der Waals surface area (Å²) in [6.07, 6.45) is 4.58. The van der Waals surface area contributed by atoms with Crippen LogP contribution in [0, 0.1) is 0 Å². The van der Waals surface area contributed by atoms with Gasteiger partial charge >= 0.3 is 0 Å². The first-order chi connectivity index (χ1) is 22.7. The van der Waals surface area contributed by atoms with Crippen LogP contribution in [-0.4, -0.2) is 25.0 Å². The van der Waals surface area contributed by atoms with Gasteiger partial charge in [-0.15, -0.1) is 0 Å². The highest BCUT2D eigenvalue weighted by Crippen LogP contribution is 2.48. The first kappa shape index (κ1) is 27.9. The minimum atomic E-state index is 0.324. The minimum Gasteiger partial charge on any atom is -0.456 e. The summed E-state index contributed by atoms with van der Waals surface area (Å²) in [6, 6.07) is 48.1. The Morgan fingerprint density at radius 1 is 0.565 bits per heavy atom. The maximum Gasteiger partial charge on any atom is 0.137 e. The average Bonchev–Trinajstić information content (AvgIpc) is 3.10. The summed E-state index contributed by atoms with van der Waals surface area (Å²) in [6.45, 7) is 1.97. The van der Waals surface area contributed by atoms with Crippen LogP contribution >= 0.6 is 0 Å². The van der Waals surface area contributed by atoms with Crippen molar-refractivity contribution in [2.24, 2.45) is 0 Å². The predicted molar refractivity (Wildman–Crippen MR) is 188 cm³/mol. The molecular weight excluding hydrogens is 564 g/mol. The second-order valence-electron chi connectivity index (χ2n) is 12.0. The number of para-hydroxylation sites is 3. The first-order valence-electron chi connectivity index (χ1n) is 15.8. The van der Waals surface area contributed by atoms with Gasteiger partial charge in [0, 0.05) is 58.7 Å². The molecule has 8 rings (SSSR count). The highest BCUT2D eigenvalue weighted by molar-refractivity contribution is 5.85.